The van der Waals surface area contributed by atoms with Crippen LogP contribution in [0.25, 0.3) is 22.0 Å². The molecule has 0 saturated carbocycles. The predicted molar refractivity (Wildman–Crippen MR) is 89.6 cm³/mol. The second-order valence-electron chi connectivity index (χ2n) is 5.31. The van der Waals surface area contributed by atoms with E-state index in [1.54, 1.807) is 0 Å². The van der Waals surface area contributed by atoms with E-state index in [1.165, 1.54) is 36.4 Å². The van der Waals surface area contributed by atoms with Crippen LogP contribution in [0.5, 0.6) is 0 Å². The molecule has 0 aliphatic carbocycles. The van der Waals surface area contributed by atoms with Crippen molar-refractivity contribution in [2.24, 2.45) is 0 Å². The van der Waals surface area contributed by atoms with Gasteiger partial charge in [0.2, 0.25) is 0 Å². The Morgan fingerprint density at radius 2 is 1.68 bits per heavy atom. The molecule has 3 aromatic rings. The van der Waals surface area contributed by atoms with E-state index in [-0.39, 0.29) is 27.0 Å². The van der Waals surface area contributed by atoms with E-state index < -0.39 is 23.1 Å². The van der Waals surface area contributed by atoms with Crippen LogP contribution in [0.1, 0.15) is 5.56 Å². The SMILES string of the molecule is C=C(c1cn(-c2c(F)cccc2Cl)c(=O)c2ccccc12)C(F)(F)F. The third-order valence-corrected chi connectivity index (χ3v) is 4.08. The summed E-state index contributed by atoms with van der Waals surface area (Å²) < 4.78 is 54.5. The summed E-state index contributed by atoms with van der Waals surface area (Å²) in [6.07, 6.45) is -3.78. The zero-order chi connectivity index (χ0) is 18.4. The predicted octanol–water partition coefficient (Wildman–Crippen LogP) is 5.36. The highest BCUT2D eigenvalue weighted by molar-refractivity contribution is 6.32. The Kier molecular flexibility index (Phi) is 4.16. The van der Waals surface area contributed by atoms with E-state index in [0.29, 0.717) is 0 Å². The van der Waals surface area contributed by atoms with Gasteiger partial charge in [-0.05, 0) is 23.6 Å². The van der Waals surface area contributed by atoms with Crippen LogP contribution in [0.3, 0.4) is 0 Å². The molecule has 0 unspecified atom stereocenters. The van der Waals surface area contributed by atoms with Gasteiger partial charge >= 0.3 is 6.18 Å². The number of alkyl halides is 3. The molecule has 0 amide bonds. The minimum atomic E-state index is -4.70. The number of para-hydroxylation sites is 1. The van der Waals surface area contributed by atoms with Crippen LogP contribution >= 0.6 is 11.6 Å². The monoisotopic (exact) mass is 367 g/mol. The largest absolute Gasteiger partial charge is 0.416 e. The van der Waals surface area contributed by atoms with Crippen LogP contribution in [0, 0.1) is 5.82 Å². The van der Waals surface area contributed by atoms with E-state index >= 15 is 0 Å². The van der Waals surface area contributed by atoms with Gasteiger partial charge in [-0.2, -0.15) is 13.2 Å². The number of nitrogens with zero attached hydrogens (tertiary/aromatic N) is 1. The maximum atomic E-state index is 14.2. The summed E-state index contributed by atoms with van der Waals surface area (Å²) in [7, 11) is 0. The molecule has 0 atom stereocenters. The molecule has 2 nitrogen and oxygen atoms in total. The maximum absolute atomic E-state index is 14.2. The van der Waals surface area contributed by atoms with E-state index in [9.17, 15) is 22.4 Å². The molecule has 2 aromatic carbocycles. The van der Waals surface area contributed by atoms with Crippen molar-refractivity contribution in [2.75, 3.05) is 0 Å². The molecule has 1 heterocycles. The van der Waals surface area contributed by atoms with Gasteiger partial charge in [0.1, 0.15) is 11.5 Å². The maximum Gasteiger partial charge on any atom is 0.416 e. The molecule has 0 aliphatic rings. The van der Waals surface area contributed by atoms with Gasteiger partial charge in [0.15, 0.2) is 0 Å². The molecule has 0 bridgehead atoms. The third-order valence-electron chi connectivity index (χ3n) is 3.77. The van der Waals surface area contributed by atoms with Crippen LogP contribution < -0.4 is 5.56 Å². The molecule has 0 N–H and O–H groups in total. The first-order chi connectivity index (χ1) is 11.7. The summed E-state index contributed by atoms with van der Waals surface area (Å²) in [6, 6.07) is 9.53. The number of benzene rings is 2. The first kappa shape index (κ1) is 17.2. The first-order valence-corrected chi connectivity index (χ1v) is 7.45. The van der Waals surface area contributed by atoms with Gasteiger partial charge in [-0.25, -0.2) is 4.39 Å². The number of fused-ring (bicyclic) bond motifs is 1. The quantitative estimate of drug-likeness (QED) is 0.559. The van der Waals surface area contributed by atoms with E-state index in [2.05, 4.69) is 6.58 Å². The Hall–Kier alpha value is -2.60. The Morgan fingerprint density at radius 1 is 1.04 bits per heavy atom. The van der Waals surface area contributed by atoms with E-state index in [0.717, 1.165) is 16.8 Å². The lowest BCUT2D eigenvalue weighted by molar-refractivity contribution is -0.0686. The average molecular weight is 368 g/mol. The molecule has 3 rings (SSSR count). The Bertz CT molecular complexity index is 1030. The Balaban J connectivity index is 2.45. The lowest BCUT2D eigenvalue weighted by Gasteiger charge is -2.17. The van der Waals surface area contributed by atoms with Gasteiger partial charge in [-0.1, -0.05) is 42.4 Å². The van der Waals surface area contributed by atoms with Crippen LogP contribution in [0.4, 0.5) is 17.6 Å². The van der Waals surface area contributed by atoms with Crippen molar-refractivity contribution < 1.29 is 17.6 Å². The second-order valence-corrected chi connectivity index (χ2v) is 5.72. The Morgan fingerprint density at radius 3 is 2.28 bits per heavy atom. The molecule has 128 valence electrons. The fraction of sp³-hybridized carbons (Fsp3) is 0.0556. The zero-order valence-electron chi connectivity index (χ0n) is 12.6. The van der Waals surface area contributed by atoms with E-state index in [1.807, 2.05) is 0 Å². The van der Waals surface area contributed by atoms with Crippen LogP contribution in [0.2, 0.25) is 5.02 Å². The number of rotatable bonds is 2. The number of hydrogen-bond acceptors (Lipinski definition) is 1. The smallest absolute Gasteiger partial charge is 0.279 e. The molecule has 0 saturated heterocycles. The van der Waals surface area contributed by atoms with Gasteiger partial charge in [0.25, 0.3) is 5.56 Å². The van der Waals surface area contributed by atoms with Gasteiger partial charge in [0.05, 0.1) is 10.6 Å². The third kappa shape index (κ3) is 2.93. The number of halogens is 5. The van der Waals surface area contributed by atoms with E-state index in [4.69, 9.17) is 11.6 Å². The summed E-state index contributed by atoms with van der Waals surface area (Å²) in [6.45, 7) is 3.09. The summed E-state index contributed by atoms with van der Waals surface area (Å²) in [5.41, 5.74) is -2.44. The zero-order valence-corrected chi connectivity index (χ0v) is 13.3. The minimum Gasteiger partial charge on any atom is -0.279 e. The van der Waals surface area contributed by atoms with Gasteiger partial charge in [-0.15, -0.1) is 0 Å². The highest BCUT2D eigenvalue weighted by atomic mass is 35.5. The van der Waals surface area contributed by atoms with Gasteiger partial charge in [-0.3, -0.25) is 9.36 Å². The topological polar surface area (TPSA) is 22.0 Å². The molecule has 0 fully saturated rings. The second kappa shape index (κ2) is 6.04. The fourth-order valence-electron chi connectivity index (χ4n) is 2.57. The standard InChI is InChI=1S/C18H10ClF4NO/c1-10(18(21,22)23)13-9-24(16-14(19)7-4-8-15(16)20)17(25)12-6-3-2-5-11(12)13/h2-9H,1H2. The fourth-order valence-corrected chi connectivity index (χ4v) is 2.82. The van der Waals surface area contributed by atoms with Crippen LogP contribution in [-0.2, 0) is 0 Å². The first-order valence-electron chi connectivity index (χ1n) is 7.07. The van der Waals surface area contributed by atoms with Crippen LogP contribution in [-0.4, -0.2) is 10.7 Å². The number of hydrogen-bond donors (Lipinski definition) is 0. The average Bonchev–Trinajstić information content (AvgIpc) is 2.55. The highest BCUT2D eigenvalue weighted by Gasteiger charge is 2.34. The normalized spacial score (nSPS) is 11.7. The summed E-state index contributed by atoms with van der Waals surface area (Å²) in [5.74, 6) is -0.826. The van der Waals surface area contributed by atoms with Crippen molar-refractivity contribution in [1.29, 1.82) is 0 Å². The van der Waals surface area contributed by atoms with Crippen molar-refractivity contribution in [3.05, 3.63) is 82.0 Å². The summed E-state index contributed by atoms with van der Waals surface area (Å²) in [5, 5.41) is -0.00999. The van der Waals surface area contributed by atoms with Gasteiger partial charge in [0, 0.05) is 17.1 Å². The van der Waals surface area contributed by atoms with Crippen LogP contribution in [0.15, 0.2) is 60.0 Å². The van der Waals surface area contributed by atoms with Crippen molar-refractivity contribution in [2.45, 2.75) is 6.18 Å². The Labute approximate surface area is 144 Å². The number of pyridine rings is 1. The molecule has 25 heavy (non-hydrogen) atoms. The summed E-state index contributed by atoms with van der Waals surface area (Å²) >= 11 is 5.96. The lowest BCUT2D eigenvalue weighted by atomic mass is 10.0. The highest BCUT2D eigenvalue weighted by Crippen LogP contribution is 2.36. The lowest BCUT2D eigenvalue weighted by Crippen LogP contribution is -2.22. The van der Waals surface area contributed by atoms with Crippen molar-refractivity contribution in [3.8, 4) is 5.69 Å². The summed E-state index contributed by atoms with van der Waals surface area (Å²) in [4.78, 5) is 12.7. The van der Waals surface area contributed by atoms with Crippen molar-refractivity contribution in [3.63, 3.8) is 0 Å². The molecule has 0 radical (unpaired) electrons. The number of allylic oxidation sites excluding steroid dienone is 1. The molecular weight excluding hydrogens is 358 g/mol. The molecule has 7 heteroatoms. The van der Waals surface area contributed by atoms with Crippen molar-refractivity contribution in [1.82, 2.24) is 4.57 Å². The molecule has 0 spiro atoms. The molecular formula is C18H10ClF4NO. The minimum absolute atomic E-state index is 0.00437. The van der Waals surface area contributed by atoms with Crippen molar-refractivity contribution >= 4 is 27.9 Å². The number of aromatic nitrogens is 1. The molecule has 1 aromatic heterocycles. The van der Waals surface area contributed by atoms with Gasteiger partial charge < -0.3 is 0 Å². The molecule has 0 aliphatic heterocycles.